The number of hydrogen-bond donors (Lipinski definition) is 1. The number of anilines is 2. The summed E-state index contributed by atoms with van der Waals surface area (Å²) >= 11 is 1.84. The van der Waals surface area contributed by atoms with Gasteiger partial charge in [0, 0.05) is 55.9 Å². The van der Waals surface area contributed by atoms with E-state index < -0.39 is 0 Å². The van der Waals surface area contributed by atoms with Crippen LogP contribution in [0.25, 0.3) is 6.08 Å². The maximum Gasteiger partial charge on any atom is 0.225 e. The van der Waals surface area contributed by atoms with Gasteiger partial charge in [-0.05, 0) is 24.3 Å². The molecule has 0 spiro atoms. The van der Waals surface area contributed by atoms with Gasteiger partial charge >= 0.3 is 0 Å². The van der Waals surface area contributed by atoms with E-state index in [9.17, 15) is 0 Å². The molecule has 0 aromatic carbocycles. The highest BCUT2D eigenvalue weighted by Crippen LogP contribution is 2.22. The van der Waals surface area contributed by atoms with Crippen molar-refractivity contribution in [2.45, 2.75) is 0 Å². The summed E-state index contributed by atoms with van der Waals surface area (Å²) in [6, 6.07) is 8.02. The molecule has 124 valence electrons. The summed E-state index contributed by atoms with van der Waals surface area (Å²) in [5, 5.41) is 3.32. The van der Waals surface area contributed by atoms with Crippen molar-refractivity contribution in [1.82, 2.24) is 20.3 Å². The van der Waals surface area contributed by atoms with Crippen molar-refractivity contribution in [2.24, 2.45) is 0 Å². The molecule has 0 atom stereocenters. The minimum Gasteiger partial charge on any atom is -0.353 e. The summed E-state index contributed by atoms with van der Waals surface area (Å²) in [4.78, 5) is 19.5. The number of hydrogen-bond acceptors (Lipinski definition) is 7. The Morgan fingerprint density at radius 3 is 2.62 bits per heavy atom. The van der Waals surface area contributed by atoms with E-state index in [4.69, 9.17) is 4.98 Å². The van der Waals surface area contributed by atoms with E-state index in [0.29, 0.717) is 0 Å². The first-order chi connectivity index (χ1) is 11.9. The molecule has 2 aromatic rings. The second-order valence-corrected chi connectivity index (χ2v) is 6.87. The van der Waals surface area contributed by atoms with Crippen LogP contribution in [0.4, 0.5) is 11.8 Å². The molecule has 0 bridgehead atoms. The molecular formula is C17H20N6S. The van der Waals surface area contributed by atoms with E-state index in [1.807, 2.05) is 42.4 Å². The number of rotatable bonds is 3. The van der Waals surface area contributed by atoms with Crippen LogP contribution >= 0.6 is 11.8 Å². The van der Waals surface area contributed by atoms with Gasteiger partial charge in [0.2, 0.25) is 5.95 Å². The zero-order valence-electron chi connectivity index (χ0n) is 13.4. The predicted molar refractivity (Wildman–Crippen MR) is 99.1 cm³/mol. The molecule has 2 saturated heterocycles. The van der Waals surface area contributed by atoms with Crippen molar-refractivity contribution < 1.29 is 0 Å². The molecule has 24 heavy (non-hydrogen) atoms. The van der Waals surface area contributed by atoms with Gasteiger partial charge in [0.05, 0.1) is 5.69 Å². The molecule has 0 unspecified atom stereocenters. The molecule has 2 aromatic heterocycles. The Kier molecular flexibility index (Phi) is 4.62. The van der Waals surface area contributed by atoms with Crippen LogP contribution in [-0.2, 0) is 0 Å². The Labute approximate surface area is 146 Å². The topological polar surface area (TPSA) is 57.2 Å². The van der Waals surface area contributed by atoms with Gasteiger partial charge in [0.15, 0.2) is 0 Å². The van der Waals surface area contributed by atoms with Gasteiger partial charge in [-0.25, -0.2) is 15.0 Å². The van der Waals surface area contributed by atoms with Gasteiger partial charge in [-0.3, -0.25) is 0 Å². The van der Waals surface area contributed by atoms with Crippen LogP contribution < -0.4 is 15.1 Å². The smallest absolute Gasteiger partial charge is 0.225 e. The molecule has 0 amide bonds. The number of pyridine rings is 1. The average Bonchev–Trinajstić information content (AvgIpc) is 3.16. The lowest BCUT2D eigenvalue weighted by atomic mass is 10.3. The molecule has 7 heteroatoms. The third-order valence-electron chi connectivity index (χ3n) is 4.17. The van der Waals surface area contributed by atoms with Crippen LogP contribution in [0.3, 0.4) is 0 Å². The highest BCUT2D eigenvalue weighted by Gasteiger charge is 2.20. The Balaban J connectivity index is 1.43. The van der Waals surface area contributed by atoms with Crippen LogP contribution in [0, 0.1) is 0 Å². The first kappa shape index (κ1) is 15.4. The number of nitrogens with zero attached hydrogens (tertiary/aromatic N) is 5. The van der Waals surface area contributed by atoms with Gasteiger partial charge in [-0.15, -0.1) is 11.8 Å². The van der Waals surface area contributed by atoms with Crippen molar-refractivity contribution in [3.05, 3.63) is 47.3 Å². The summed E-state index contributed by atoms with van der Waals surface area (Å²) in [7, 11) is 0. The summed E-state index contributed by atoms with van der Waals surface area (Å²) in [5.41, 5.74) is 0.985. The Hall–Kier alpha value is -2.12. The van der Waals surface area contributed by atoms with Gasteiger partial charge in [0.1, 0.15) is 5.82 Å². The third kappa shape index (κ3) is 3.52. The van der Waals surface area contributed by atoms with E-state index in [0.717, 1.165) is 56.1 Å². The number of thioether (sulfide) groups is 1. The van der Waals surface area contributed by atoms with E-state index in [1.165, 1.54) is 4.91 Å². The van der Waals surface area contributed by atoms with Crippen LogP contribution in [0.15, 0.2) is 41.6 Å². The molecular weight excluding hydrogens is 320 g/mol. The number of aromatic nitrogens is 3. The predicted octanol–water partition coefficient (Wildman–Crippen LogP) is 1.83. The molecule has 2 aliphatic heterocycles. The summed E-state index contributed by atoms with van der Waals surface area (Å²) in [6.45, 7) is 4.63. The van der Waals surface area contributed by atoms with Crippen LogP contribution in [-0.4, -0.2) is 53.6 Å². The highest BCUT2D eigenvalue weighted by molar-refractivity contribution is 8.03. The maximum atomic E-state index is 4.72. The fourth-order valence-corrected chi connectivity index (χ4v) is 3.70. The highest BCUT2D eigenvalue weighted by atomic mass is 32.2. The Bertz CT molecular complexity index is 704. The van der Waals surface area contributed by atoms with E-state index in [2.05, 4.69) is 37.2 Å². The molecule has 0 aliphatic carbocycles. The van der Waals surface area contributed by atoms with Crippen molar-refractivity contribution in [3.8, 4) is 0 Å². The number of nitrogens with one attached hydrogen (secondary N) is 1. The monoisotopic (exact) mass is 340 g/mol. The minimum absolute atomic E-state index is 0.820. The average molecular weight is 340 g/mol. The molecule has 0 saturated carbocycles. The first-order valence-electron chi connectivity index (χ1n) is 8.16. The Morgan fingerprint density at radius 1 is 1.00 bits per heavy atom. The van der Waals surface area contributed by atoms with E-state index in [-0.39, 0.29) is 0 Å². The lowest BCUT2D eigenvalue weighted by Gasteiger charge is -2.35. The van der Waals surface area contributed by atoms with E-state index in [1.54, 1.807) is 0 Å². The fourth-order valence-electron chi connectivity index (χ4n) is 2.90. The normalized spacial score (nSPS) is 19.9. The fraction of sp³-hybridized carbons (Fsp3) is 0.353. The second kappa shape index (κ2) is 7.19. The molecule has 2 fully saturated rings. The summed E-state index contributed by atoms with van der Waals surface area (Å²) < 4.78 is 0. The van der Waals surface area contributed by atoms with Gasteiger partial charge < -0.3 is 15.1 Å². The van der Waals surface area contributed by atoms with Crippen LogP contribution in [0.5, 0.6) is 0 Å². The van der Waals surface area contributed by atoms with Crippen LogP contribution in [0.1, 0.15) is 5.69 Å². The van der Waals surface area contributed by atoms with E-state index >= 15 is 0 Å². The van der Waals surface area contributed by atoms with Crippen molar-refractivity contribution in [1.29, 1.82) is 0 Å². The zero-order valence-corrected chi connectivity index (χ0v) is 14.2. The van der Waals surface area contributed by atoms with Gasteiger partial charge in [-0.2, -0.15) is 0 Å². The van der Waals surface area contributed by atoms with Crippen molar-refractivity contribution in [2.75, 3.05) is 48.4 Å². The molecule has 4 heterocycles. The lowest BCUT2D eigenvalue weighted by Crippen LogP contribution is -2.47. The second-order valence-electron chi connectivity index (χ2n) is 5.77. The molecule has 1 N–H and O–H groups in total. The van der Waals surface area contributed by atoms with Gasteiger partial charge in [0.25, 0.3) is 0 Å². The quantitative estimate of drug-likeness (QED) is 0.915. The molecule has 4 rings (SSSR count). The Morgan fingerprint density at radius 2 is 1.88 bits per heavy atom. The first-order valence-corrected chi connectivity index (χ1v) is 9.15. The summed E-state index contributed by atoms with van der Waals surface area (Å²) in [6.07, 6.45) is 5.85. The zero-order chi connectivity index (χ0) is 16.2. The third-order valence-corrected chi connectivity index (χ3v) is 5.15. The molecule has 2 aliphatic rings. The SMILES string of the molecule is C(=C1\CNCS1)/c1ccnc(N2CCN(c3ccccn3)CC2)n1. The minimum atomic E-state index is 0.820. The maximum absolute atomic E-state index is 4.72. The van der Waals surface area contributed by atoms with Crippen molar-refractivity contribution in [3.63, 3.8) is 0 Å². The van der Waals surface area contributed by atoms with Gasteiger partial charge in [-0.1, -0.05) is 6.07 Å². The molecule has 6 nitrogen and oxygen atoms in total. The van der Waals surface area contributed by atoms with Crippen molar-refractivity contribution >= 4 is 29.6 Å². The standard InChI is InChI=1S/C17H20N6S/c1-2-5-19-16(3-1)22-7-9-23(10-8-22)17-20-6-4-14(21-17)11-15-12-18-13-24-15/h1-6,11,18H,7-10,12-13H2/b15-11-. The van der Waals surface area contributed by atoms with Crippen LogP contribution in [0.2, 0.25) is 0 Å². The largest absolute Gasteiger partial charge is 0.353 e. The molecule has 0 radical (unpaired) electrons. The number of piperazine rings is 1. The summed E-state index contributed by atoms with van der Waals surface area (Å²) in [5.74, 6) is 2.85. The lowest BCUT2D eigenvalue weighted by molar-refractivity contribution is 0.634.